The average molecular weight is 461 g/mol. The number of benzene rings is 2. The minimum atomic E-state index is -0.304. The minimum absolute atomic E-state index is 0.0912. The van der Waals surface area contributed by atoms with Crippen molar-refractivity contribution in [2.75, 3.05) is 6.61 Å². The molecule has 0 saturated carbocycles. The van der Waals surface area contributed by atoms with E-state index in [1.807, 2.05) is 50.2 Å². The van der Waals surface area contributed by atoms with E-state index in [9.17, 15) is 4.79 Å². The Hall–Kier alpha value is -3.21. The van der Waals surface area contributed by atoms with Crippen LogP contribution in [-0.4, -0.2) is 28.6 Å². The van der Waals surface area contributed by atoms with Crippen LogP contribution in [0.3, 0.4) is 0 Å². The predicted molar refractivity (Wildman–Crippen MR) is 137 cm³/mol. The number of hydrogen-bond donors (Lipinski definition) is 0. The molecule has 1 unspecified atom stereocenters. The van der Waals surface area contributed by atoms with Crippen LogP contribution < -0.4 is 4.74 Å². The van der Waals surface area contributed by atoms with E-state index < -0.39 is 0 Å². The molecule has 3 rings (SSSR count). The number of ether oxygens (including phenoxy) is 2. The van der Waals surface area contributed by atoms with Crippen LogP contribution in [0, 0.1) is 0 Å². The molecule has 0 amide bonds. The molecule has 1 heterocycles. The number of aromatic nitrogens is 2. The lowest BCUT2D eigenvalue weighted by Crippen LogP contribution is -2.13. The van der Waals surface area contributed by atoms with Crippen LogP contribution >= 0.6 is 0 Å². The monoisotopic (exact) mass is 460 g/mol. The van der Waals surface area contributed by atoms with Crippen molar-refractivity contribution in [3.63, 3.8) is 0 Å². The molecular weight excluding hydrogens is 424 g/mol. The van der Waals surface area contributed by atoms with Crippen LogP contribution in [0.5, 0.6) is 5.75 Å². The van der Waals surface area contributed by atoms with Gasteiger partial charge in [-0.3, -0.25) is 9.97 Å². The molecule has 0 N–H and O–H groups in total. The number of esters is 1. The summed E-state index contributed by atoms with van der Waals surface area (Å²) >= 11 is 0. The summed E-state index contributed by atoms with van der Waals surface area (Å²) in [7, 11) is 0. The molecule has 0 aliphatic carbocycles. The number of hydrogen-bond acceptors (Lipinski definition) is 5. The number of rotatable bonds is 13. The van der Waals surface area contributed by atoms with Crippen LogP contribution in [0.4, 0.5) is 0 Å². The lowest BCUT2D eigenvalue weighted by molar-refractivity contribution is 0.0334. The minimum Gasteiger partial charge on any atom is -0.494 e. The second-order valence-electron chi connectivity index (χ2n) is 8.63. The van der Waals surface area contributed by atoms with E-state index in [2.05, 4.69) is 16.9 Å². The van der Waals surface area contributed by atoms with Gasteiger partial charge in [0, 0.05) is 11.1 Å². The van der Waals surface area contributed by atoms with Crippen molar-refractivity contribution >= 4 is 5.97 Å². The highest BCUT2D eigenvalue weighted by Gasteiger charge is 2.11. The Morgan fingerprint density at radius 1 is 0.794 bits per heavy atom. The summed E-state index contributed by atoms with van der Waals surface area (Å²) < 4.78 is 11.2. The molecule has 0 aliphatic rings. The number of carbonyl (C=O) groups excluding carboxylic acids is 1. The standard InChI is InChI=1S/C29H36N2O3/c1-4-6-7-8-9-10-19-33-26-17-15-24(16-18-26)28-21-30-27(20-31-28)23-11-13-25(14-12-23)29(32)34-22(3)5-2/h11-18,20-22H,4-10,19H2,1-3H3. The van der Waals surface area contributed by atoms with E-state index in [1.165, 1.54) is 32.1 Å². The number of carbonyl (C=O) groups is 1. The Labute approximate surface area is 203 Å². The van der Waals surface area contributed by atoms with Gasteiger partial charge in [-0.05, 0) is 56.2 Å². The fourth-order valence-corrected chi connectivity index (χ4v) is 3.53. The highest BCUT2D eigenvalue weighted by molar-refractivity contribution is 5.90. The van der Waals surface area contributed by atoms with Gasteiger partial charge in [-0.1, -0.05) is 58.1 Å². The second kappa shape index (κ2) is 13.5. The first-order valence-corrected chi connectivity index (χ1v) is 12.5. The summed E-state index contributed by atoms with van der Waals surface area (Å²) in [5, 5.41) is 0. The van der Waals surface area contributed by atoms with Crippen LogP contribution in [0.2, 0.25) is 0 Å². The van der Waals surface area contributed by atoms with Gasteiger partial charge >= 0.3 is 5.97 Å². The summed E-state index contributed by atoms with van der Waals surface area (Å²) in [4.78, 5) is 21.3. The van der Waals surface area contributed by atoms with Crippen molar-refractivity contribution in [2.24, 2.45) is 0 Å². The van der Waals surface area contributed by atoms with Crippen molar-refractivity contribution in [3.05, 3.63) is 66.5 Å². The predicted octanol–water partition coefficient (Wildman–Crippen LogP) is 7.51. The zero-order valence-electron chi connectivity index (χ0n) is 20.6. The Morgan fingerprint density at radius 2 is 1.35 bits per heavy atom. The van der Waals surface area contributed by atoms with Crippen LogP contribution in [0.15, 0.2) is 60.9 Å². The molecule has 180 valence electrons. The Balaban J connectivity index is 1.52. The Bertz CT molecular complexity index is 999. The molecule has 5 nitrogen and oxygen atoms in total. The van der Waals surface area contributed by atoms with Gasteiger partial charge in [-0.2, -0.15) is 0 Å². The van der Waals surface area contributed by atoms with E-state index in [4.69, 9.17) is 9.47 Å². The molecular formula is C29H36N2O3. The zero-order valence-corrected chi connectivity index (χ0v) is 20.6. The summed E-state index contributed by atoms with van der Waals surface area (Å²) in [6.07, 6.45) is 11.8. The first-order valence-electron chi connectivity index (χ1n) is 12.5. The Morgan fingerprint density at radius 3 is 1.91 bits per heavy atom. The lowest BCUT2D eigenvalue weighted by Gasteiger charge is -2.11. The van der Waals surface area contributed by atoms with Gasteiger partial charge in [-0.25, -0.2) is 4.79 Å². The van der Waals surface area contributed by atoms with Crippen molar-refractivity contribution in [3.8, 4) is 28.3 Å². The van der Waals surface area contributed by atoms with Crippen LogP contribution in [0.25, 0.3) is 22.5 Å². The van der Waals surface area contributed by atoms with E-state index in [0.29, 0.717) is 5.56 Å². The van der Waals surface area contributed by atoms with E-state index in [-0.39, 0.29) is 12.1 Å². The smallest absolute Gasteiger partial charge is 0.338 e. The molecule has 5 heteroatoms. The fraction of sp³-hybridized carbons (Fsp3) is 0.414. The molecule has 0 saturated heterocycles. The van der Waals surface area contributed by atoms with E-state index >= 15 is 0 Å². The molecule has 0 fully saturated rings. The molecule has 1 atom stereocenters. The molecule has 2 aromatic carbocycles. The third kappa shape index (κ3) is 7.68. The summed E-state index contributed by atoms with van der Waals surface area (Å²) in [6.45, 7) is 6.87. The molecule has 0 bridgehead atoms. The van der Waals surface area contributed by atoms with Crippen molar-refractivity contribution < 1.29 is 14.3 Å². The molecule has 0 spiro atoms. The van der Waals surface area contributed by atoms with Crippen molar-refractivity contribution in [1.82, 2.24) is 9.97 Å². The van der Waals surface area contributed by atoms with Crippen molar-refractivity contribution in [2.45, 2.75) is 71.8 Å². The van der Waals surface area contributed by atoms with Gasteiger partial charge in [-0.15, -0.1) is 0 Å². The fourth-order valence-electron chi connectivity index (χ4n) is 3.53. The largest absolute Gasteiger partial charge is 0.494 e. The van der Waals surface area contributed by atoms with Crippen LogP contribution in [0.1, 0.15) is 76.1 Å². The van der Waals surface area contributed by atoms with Gasteiger partial charge < -0.3 is 9.47 Å². The highest BCUT2D eigenvalue weighted by atomic mass is 16.5. The quantitative estimate of drug-likeness (QED) is 0.195. The van der Waals surface area contributed by atoms with Gasteiger partial charge in [0.15, 0.2) is 0 Å². The molecule has 0 aliphatic heterocycles. The third-order valence-corrected chi connectivity index (χ3v) is 5.87. The first kappa shape index (κ1) is 25.4. The lowest BCUT2D eigenvalue weighted by atomic mass is 10.1. The number of unbranched alkanes of at least 4 members (excludes halogenated alkanes) is 5. The molecule has 3 aromatic rings. The maximum absolute atomic E-state index is 12.2. The maximum atomic E-state index is 12.2. The van der Waals surface area contributed by atoms with Gasteiger partial charge in [0.25, 0.3) is 0 Å². The Kier molecular flexibility index (Phi) is 10.1. The van der Waals surface area contributed by atoms with Gasteiger partial charge in [0.1, 0.15) is 5.75 Å². The van der Waals surface area contributed by atoms with E-state index in [1.54, 1.807) is 24.5 Å². The van der Waals surface area contributed by atoms with Gasteiger partial charge in [0.2, 0.25) is 0 Å². The molecule has 1 aromatic heterocycles. The molecule has 0 radical (unpaired) electrons. The normalized spacial score (nSPS) is 11.7. The second-order valence-corrected chi connectivity index (χ2v) is 8.63. The molecule has 34 heavy (non-hydrogen) atoms. The topological polar surface area (TPSA) is 61.3 Å². The summed E-state index contributed by atoms with van der Waals surface area (Å²) in [6, 6.07) is 15.3. The summed E-state index contributed by atoms with van der Waals surface area (Å²) in [5.74, 6) is 0.579. The summed E-state index contributed by atoms with van der Waals surface area (Å²) in [5.41, 5.74) is 3.99. The first-order chi connectivity index (χ1) is 16.6. The third-order valence-electron chi connectivity index (χ3n) is 5.87. The van der Waals surface area contributed by atoms with Crippen molar-refractivity contribution in [1.29, 1.82) is 0 Å². The van der Waals surface area contributed by atoms with E-state index in [0.717, 1.165) is 47.7 Å². The highest BCUT2D eigenvalue weighted by Crippen LogP contribution is 2.23. The average Bonchev–Trinajstić information content (AvgIpc) is 2.88. The number of nitrogens with zero attached hydrogens (tertiary/aromatic N) is 2. The maximum Gasteiger partial charge on any atom is 0.338 e. The van der Waals surface area contributed by atoms with Crippen LogP contribution in [-0.2, 0) is 4.74 Å². The van der Waals surface area contributed by atoms with Gasteiger partial charge in [0.05, 0.1) is 42.1 Å². The zero-order chi connectivity index (χ0) is 24.2. The SMILES string of the molecule is CCCCCCCCOc1ccc(-c2cnc(-c3ccc(C(=O)OC(C)CC)cc3)cn2)cc1.